The van der Waals surface area contributed by atoms with E-state index >= 15 is 0 Å². The third-order valence-corrected chi connectivity index (χ3v) is 3.19. The quantitative estimate of drug-likeness (QED) is 0.819. The van der Waals surface area contributed by atoms with E-state index in [1.54, 1.807) is 24.3 Å². The Morgan fingerprint density at radius 2 is 2.28 bits per heavy atom. The van der Waals surface area contributed by atoms with E-state index in [1.165, 1.54) is 0 Å². The first-order chi connectivity index (χ1) is 8.59. The van der Waals surface area contributed by atoms with Gasteiger partial charge in [0.2, 0.25) is 5.92 Å². The highest BCUT2D eigenvalue weighted by Crippen LogP contribution is 2.36. The molecule has 0 aliphatic heterocycles. The van der Waals surface area contributed by atoms with Gasteiger partial charge >= 0.3 is 0 Å². The average Bonchev–Trinajstić information content (AvgIpc) is 2.35. The maximum Gasteiger partial charge on any atom is 0.248 e. The standard InChI is InChI=1S/C14H15F2NO/c15-14(16)6-2-4-12(8-14)10-18-13-5-1-3-11(7-13)9-17/h1,3,5,7,12H,2,4,6,8,10H2. The minimum Gasteiger partial charge on any atom is -0.493 e. The lowest BCUT2D eigenvalue weighted by Gasteiger charge is -2.28. The number of ether oxygens (including phenoxy) is 1. The molecule has 96 valence electrons. The molecule has 2 nitrogen and oxygen atoms in total. The zero-order chi connectivity index (χ0) is 13.0. The van der Waals surface area contributed by atoms with E-state index in [1.807, 2.05) is 6.07 Å². The first-order valence-corrected chi connectivity index (χ1v) is 6.10. The Hall–Kier alpha value is -1.63. The van der Waals surface area contributed by atoms with E-state index in [2.05, 4.69) is 0 Å². The Kier molecular flexibility index (Phi) is 3.81. The van der Waals surface area contributed by atoms with Crippen molar-refractivity contribution in [2.24, 2.45) is 5.92 Å². The molecule has 0 radical (unpaired) electrons. The Morgan fingerprint density at radius 1 is 1.44 bits per heavy atom. The minimum absolute atomic E-state index is 0.00653. The summed E-state index contributed by atoms with van der Waals surface area (Å²) in [6.45, 7) is 0.296. The Labute approximate surface area is 105 Å². The van der Waals surface area contributed by atoms with Gasteiger partial charge in [-0.25, -0.2) is 8.78 Å². The maximum absolute atomic E-state index is 13.2. The van der Waals surface area contributed by atoms with Gasteiger partial charge in [0, 0.05) is 12.8 Å². The van der Waals surface area contributed by atoms with E-state index in [0.717, 1.165) is 6.42 Å². The third kappa shape index (κ3) is 3.43. The number of hydrogen-bond donors (Lipinski definition) is 0. The molecule has 1 fully saturated rings. The fraction of sp³-hybridized carbons (Fsp3) is 0.500. The lowest BCUT2D eigenvalue weighted by atomic mass is 9.87. The zero-order valence-corrected chi connectivity index (χ0v) is 10.0. The van der Waals surface area contributed by atoms with Gasteiger partial charge in [-0.05, 0) is 37.0 Å². The van der Waals surface area contributed by atoms with Gasteiger partial charge in [0.1, 0.15) is 5.75 Å². The summed E-state index contributed by atoms with van der Waals surface area (Å²) in [6.07, 6.45) is 1.24. The van der Waals surface area contributed by atoms with E-state index in [9.17, 15) is 8.78 Å². The molecule has 0 bridgehead atoms. The van der Waals surface area contributed by atoms with Crippen LogP contribution in [0, 0.1) is 17.2 Å². The van der Waals surface area contributed by atoms with Crippen LogP contribution in [0.4, 0.5) is 8.78 Å². The number of rotatable bonds is 3. The smallest absolute Gasteiger partial charge is 0.248 e. The van der Waals surface area contributed by atoms with Crippen molar-refractivity contribution in [1.29, 1.82) is 5.26 Å². The number of hydrogen-bond acceptors (Lipinski definition) is 2. The monoisotopic (exact) mass is 251 g/mol. The van der Waals surface area contributed by atoms with E-state index < -0.39 is 5.92 Å². The van der Waals surface area contributed by atoms with Gasteiger partial charge < -0.3 is 4.74 Å². The Morgan fingerprint density at radius 3 is 3.00 bits per heavy atom. The van der Waals surface area contributed by atoms with Gasteiger partial charge in [-0.3, -0.25) is 0 Å². The highest BCUT2D eigenvalue weighted by molar-refractivity contribution is 5.36. The normalized spacial score (nSPS) is 22.2. The van der Waals surface area contributed by atoms with E-state index in [-0.39, 0.29) is 18.8 Å². The van der Waals surface area contributed by atoms with E-state index in [0.29, 0.717) is 24.3 Å². The Balaban J connectivity index is 1.89. The van der Waals surface area contributed by atoms with Crippen LogP contribution in [0.1, 0.15) is 31.2 Å². The predicted molar refractivity (Wildman–Crippen MR) is 63.6 cm³/mol. The second-order valence-electron chi connectivity index (χ2n) is 4.77. The molecule has 0 amide bonds. The highest BCUT2D eigenvalue weighted by atomic mass is 19.3. The minimum atomic E-state index is -2.54. The van der Waals surface area contributed by atoms with Gasteiger partial charge in [0.15, 0.2) is 0 Å². The lowest BCUT2D eigenvalue weighted by molar-refractivity contribution is -0.0585. The molecule has 1 aromatic rings. The number of halogens is 2. The number of nitrogens with zero attached hydrogens (tertiary/aromatic N) is 1. The molecule has 0 aromatic heterocycles. The van der Waals surface area contributed by atoms with Gasteiger partial charge in [-0.2, -0.15) is 5.26 Å². The molecule has 1 unspecified atom stereocenters. The van der Waals surface area contributed by atoms with Gasteiger partial charge in [0.25, 0.3) is 0 Å². The van der Waals surface area contributed by atoms with Gasteiger partial charge in [-0.1, -0.05) is 6.07 Å². The summed E-state index contributed by atoms with van der Waals surface area (Å²) in [4.78, 5) is 0. The van der Waals surface area contributed by atoms with Crippen LogP contribution in [0.25, 0.3) is 0 Å². The molecule has 2 rings (SSSR count). The largest absolute Gasteiger partial charge is 0.493 e. The van der Waals surface area contributed by atoms with Crippen LogP contribution in [0.2, 0.25) is 0 Å². The molecule has 1 aliphatic rings. The fourth-order valence-corrected chi connectivity index (χ4v) is 2.29. The number of alkyl halides is 2. The van der Waals surface area contributed by atoms with Crippen LogP contribution in [0.3, 0.4) is 0 Å². The molecule has 0 saturated heterocycles. The van der Waals surface area contributed by atoms with Crippen molar-refractivity contribution < 1.29 is 13.5 Å². The summed E-state index contributed by atoms with van der Waals surface area (Å²) in [5.41, 5.74) is 0.515. The molecule has 1 saturated carbocycles. The van der Waals surface area contributed by atoms with Crippen LogP contribution >= 0.6 is 0 Å². The molecule has 1 aliphatic carbocycles. The summed E-state index contributed by atoms with van der Waals surface area (Å²) in [7, 11) is 0. The van der Waals surface area contributed by atoms with Crippen LogP contribution in [-0.4, -0.2) is 12.5 Å². The van der Waals surface area contributed by atoms with Gasteiger partial charge in [-0.15, -0.1) is 0 Å². The maximum atomic E-state index is 13.2. The molecular weight excluding hydrogens is 236 g/mol. The first kappa shape index (κ1) is 12.8. The van der Waals surface area contributed by atoms with Crippen molar-refractivity contribution >= 4 is 0 Å². The van der Waals surface area contributed by atoms with Crippen LogP contribution in [0.5, 0.6) is 5.75 Å². The molecule has 0 N–H and O–H groups in total. The topological polar surface area (TPSA) is 33.0 Å². The van der Waals surface area contributed by atoms with Crippen molar-refractivity contribution in [2.45, 2.75) is 31.6 Å². The van der Waals surface area contributed by atoms with Crippen LogP contribution in [-0.2, 0) is 0 Å². The number of nitriles is 1. The van der Waals surface area contributed by atoms with Crippen LogP contribution in [0.15, 0.2) is 24.3 Å². The van der Waals surface area contributed by atoms with E-state index in [4.69, 9.17) is 10.00 Å². The van der Waals surface area contributed by atoms with Crippen LogP contribution < -0.4 is 4.74 Å². The zero-order valence-electron chi connectivity index (χ0n) is 10.0. The highest BCUT2D eigenvalue weighted by Gasteiger charge is 2.36. The summed E-state index contributed by atoms with van der Waals surface area (Å²) in [5, 5.41) is 8.74. The molecule has 0 spiro atoms. The third-order valence-electron chi connectivity index (χ3n) is 3.19. The van der Waals surface area contributed by atoms with Crippen molar-refractivity contribution in [3.05, 3.63) is 29.8 Å². The molecule has 1 aromatic carbocycles. The summed E-state index contributed by atoms with van der Waals surface area (Å²) in [5.74, 6) is -2.07. The molecular formula is C14H15F2NO. The van der Waals surface area contributed by atoms with Crippen molar-refractivity contribution in [2.75, 3.05) is 6.61 Å². The number of benzene rings is 1. The lowest BCUT2D eigenvalue weighted by Crippen LogP contribution is -2.29. The summed E-state index contributed by atoms with van der Waals surface area (Å²) < 4.78 is 31.9. The van der Waals surface area contributed by atoms with Crippen molar-refractivity contribution in [3.8, 4) is 11.8 Å². The average molecular weight is 251 g/mol. The fourth-order valence-electron chi connectivity index (χ4n) is 2.29. The SMILES string of the molecule is N#Cc1cccc(OCC2CCCC(F)(F)C2)c1. The first-order valence-electron chi connectivity index (χ1n) is 6.10. The second kappa shape index (κ2) is 5.34. The summed E-state index contributed by atoms with van der Waals surface area (Å²) >= 11 is 0. The van der Waals surface area contributed by atoms with Crippen molar-refractivity contribution in [3.63, 3.8) is 0 Å². The molecule has 1 atom stereocenters. The molecule has 18 heavy (non-hydrogen) atoms. The molecule has 0 heterocycles. The second-order valence-corrected chi connectivity index (χ2v) is 4.77. The molecule has 4 heteroatoms. The summed E-state index contributed by atoms with van der Waals surface area (Å²) in [6, 6.07) is 8.79. The van der Waals surface area contributed by atoms with Crippen molar-refractivity contribution in [1.82, 2.24) is 0 Å². The van der Waals surface area contributed by atoms with Gasteiger partial charge in [0.05, 0.1) is 18.2 Å². The Bertz CT molecular complexity index is 453. The predicted octanol–water partition coefficient (Wildman–Crippen LogP) is 3.76.